The van der Waals surface area contributed by atoms with Crippen molar-refractivity contribution in [2.75, 3.05) is 24.6 Å². The van der Waals surface area contributed by atoms with Gasteiger partial charge in [-0.1, -0.05) is 36.7 Å². The number of benzene rings is 2. The molecule has 0 N–H and O–H groups in total. The van der Waals surface area contributed by atoms with Gasteiger partial charge in [0.05, 0.1) is 17.9 Å². The number of amides is 2. The van der Waals surface area contributed by atoms with Crippen molar-refractivity contribution >= 4 is 34.7 Å². The summed E-state index contributed by atoms with van der Waals surface area (Å²) in [5.41, 5.74) is 2.92. The Hall–Kier alpha value is -2.79. The van der Waals surface area contributed by atoms with E-state index in [0.29, 0.717) is 34.2 Å². The van der Waals surface area contributed by atoms with Gasteiger partial charge in [0.25, 0.3) is 11.8 Å². The van der Waals surface area contributed by atoms with Crippen LogP contribution in [0.1, 0.15) is 43.7 Å². The lowest BCUT2D eigenvalue weighted by Crippen LogP contribution is -2.37. The Morgan fingerprint density at radius 3 is 2.35 bits per heavy atom. The average Bonchev–Trinajstić information content (AvgIpc) is 3.05. The predicted molar refractivity (Wildman–Crippen MR) is 123 cm³/mol. The molecule has 2 aromatic carbocycles. The number of piperidine rings is 1. The maximum Gasteiger partial charge on any atom is 0.282 e. The number of likely N-dealkylation sites (tertiary alicyclic amines) is 1. The van der Waals surface area contributed by atoms with Crippen LogP contribution in [0.4, 0.5) is 5.69 Å². The van der Waals surface area contributed by atoms with Gasteiger partial charge in [-0.25, -0.2) is 4.90 Å². The second kappa shape index (κ2) is 9.15. The van der Waals surface area contributed by atoms with Crippen molar-refractivity contribution in [1.29, 1.82) is 0 Å². The molecular formula is C25H27ClN2O3. The van der Waals surface area contributed by atoms with E-state index in [9.17, 15) is 9.59 Å². The minimum Gasteiger partial charge on any atom is -0.494 e. The van der Waals surface area contributed by atoms with Gasteiger partial charge in [0.1, 0.15) is 11.4 Å². The third-order valence-electron chi connectivity index (χ3n) is 5.83. The standard InChI is InChI=1S/C25H27ClN2O3/c1-3-16-31-19-12-10-18(11-13-19)22-23(27-14-5-4-6-15-27)25(30)28(24(22)29)21-9-7-8-20(26)17(21)2/h7-13H,3-6,14-16H2,1-2H3. The third kappa shape index (κ3) is 4.07. The highest BCUT2D eigenvalue weighted by Gasteiger charge is 2.43. The largest absolute Gasteiger partial charge is 0.494 e. The van der Waals surface area contributed by atoms with Crippen LogP contribution in [0.2, 0.25) is 5.02 Å². The van der Waals surface area contributed by atoms with Gasteiger partial charge >= 0.3 is 0 Å². The molecule has 0 aromatic heterocycles. The Morgan fingerprint density at radius 2 is 1.68 bits per heavy atom. The molecule has 0 spiro atoms. The van der Waals surface area contributed by atoms with Gasteiger partial charge in [-0.3, -0.25) is 9.59 Å². The minimum absolute atomic E-state index is 0.279. The predicted octanol–water partition coefficient (Wildman–Crippen LogP) is 5.21. The number of hydrogen-bond acceptors (Lipinski definition) is 4. The number of imide groups is 1. The van der Waals surface area contributed by atoms with Gasteiger partial charge in [0.15, 0.2) is 0 Å². The second-order valence-corrected chi connectivity index (χ2v) is 8.38. The summed E-state index contributed by atoms with van der Waals surface area (Å²) in [4.78, 5) is 30.6. The summed E-state index contributed by atoms with van der Waals surface area (Å²) in [5, 5.41) is 0.531. The summed E-state index contributed by atoms with van der Waals surface area (Å²) in [6.45, 7) is 6.08. The van der Waals surface area contributed by atoms with E-state index in [1.807, 2.05) is 31.2 Å². The maximum atomic E-state index is 13.6. The molecule has 0 aliphatic carbocycles. The fraction of sp³-hybridized carbons (Fsp3) is 0.360. The van der Waals surface area contributed by atoms with Crippen molar-refractivity contribution in [3.8, 4) is 5.75 Å². The second-order valence-electron chi connectivity index (χ2n) is 7.97. The highest BCUT2D eigenvalue weighted by Crippen LogP contribution is 2.38. The van der Waals surface area contributed by atoms with Gasteiger partial charge < -0.3 is 9.64 Å². The molecule has 2 aliphatic rings. The lowest BCUT2D eigenvalue weighted by Gasteiger charge is -2.29. The Balaban J connectivity index is 1.77. The fourth-order valence-electron chi connectivity index (χ4n) is 4.18. The van der Waals surface area contributed by atoms with Crippen molar-refractivity contribution in [3.63, 3.8) is 0 Å². The monoisotopic (exact) mass is 438 g/mol. The molecule has 0 saturated carbocycles. The molecule has 162 valence electrons. The first kappa shape index (κ1) is 21.4. The SMILES string of the molecule is CCCOc1ccc(C2=C(N3CCCCC3)C(=O)N(c3cccc(Cl)c3C)C2=O)cc1. The van der Waals surface area contributed by atoms with Gasteiger partial charge in [-0.2, -0.15) is 0 Å². The molecule has 0 unspecified atom stereocenters. The van der Waals surface area contributed by atoms with E-state index < -0.39 is 0 Å². The molecule has 0 radical (unpaired) electrons. The van der Waals surface area contributed by atoms with Crippen LogP contribution in [-0.2, 0) is 9.59 Å². The van der Waals surface area contributed by atoms with Gasteiger partial charge in [-0.05, 0) is 68.0 Å². The molecular weight excluding hydrogens is 412 g/mol. The van der Waals surface area contributed by atoms with Crippen LogP contribution in [0.3, 0.4) is 0 Å². The highest BCUT2D eigenvalue weighted by atomic mass is 35.5. The quantitative estimate of drug-likeness (QED) is 0.581. The number of halogens is 1. The lowest BCUT2D eigenvalue weighted by molar-refractivity contribution is -0.120. The van der Waals surface area contributed by atoms with E-state index in [1.165, 1.54) is 4.90 Å². The number of anilines is 1. The molecule has 2 amide bonds. The fourth-order valence-corrected chi connectivity index (χ4v) is 4.35. The van der Waals surface area contributed by atoms with Crippen LogP contribution < -0.4 is 9.64 Å². The number of ether oxygens (including phenoxy) is 1. The van der Waals surface area contributed by atoms with Gasteiger partial charge in [0, 0.05) is 18.1 Å². The zero-order valence-electron chi connectivity index (χ0n) is 18.0. The summed E-state index contributed by atoms with van der Waals surface area (Å²) in [5.74, 6) is 0.168. The van der Waals surface area contributed by atoms with Crippen LogP contribution in [0.15, 0.2) is 48.2 Å². The molecule has 0 bridgehead atoms. The smallest absolute Gasteiger partial charge is 0.282 e. The van der Waals surface area contributed by atoms with Gasteiger partial charge in [-0.15, -0.1) is 0 Å². The van der Waals surface area contributed by atoms with E-state index in [-0.39, 0.29) is 11.8 Å². The Labute approximate surface area is 188 Å². The summed E-state index contributed by atoms with van der Waals surface area (Å²) < 4.78 is 5.68. The zero-order chi connectivity index (χ0) is 22.0. The normalized spacial score (nSPS) is 17.0. The Morgan fingerprint density at radius 1 is 0.968 bits per heavy atom. The zero-order valence-corrected chi connectivity index (χ0v) is 18.7. The molecule has 1 saturated heterocycles. The summed E-state index contributed by atoms with van der Waals surface area (Å²) >= 11 is 6.30. The third-order valence-corrected chi connectivity index (χ3v) is 6.24. The van der Waals surface area contributed by atoms with E-state index in [1.54, 1.807) is 18.2 Å². The summed E-state index contributed by atoms with van der Waals surface area (Å²) in [7, 11) is 0. The molecule has 0 atom stereocenters. The first-order chi connectivity index (χ1) is 15.0. The number of carbonyl (C=O) groups excluding carboxylic acids is 2. The van der Waals surface area contributed by atoms with Crippen LogP contribution in [0, 0.1) is 6.92 Å². The minimum atomic E-state index is -0.307. The van der Waals surface area contributed by atoms with E-state index >= 15 is 0 Å². The van der Waals surface area contributed by atoms with Crippen molar-refractivity contribution in [3.05, 3.63) is 64.3 Å². The van der Waals surface area contributed by atoms with Crippen LogP contribution >= 0.6 is 11.6 Å². The summed E-state index contributed by atoms with van der Waals surface area (Å²) in [6.07, 6.45) is 4.09. The molecule has 4 rings (SSSR count). The highest BCUT2D eigenvalue weighted by molar-refractivity contribution is 6.46. The Kier molecular flexibility index (Phi) is 6.33. The lowest BCUT2D eigenvalue weighted by atomic mass is 10.0. The number of carbonyl (C=O) groups is 2. The van der Waals surface area contributed by atoms with Crippen molar-refractivity contribution in [2.45, 2.75) is 39.5 Å². The van der Waals surface area contributed by atoms with Gasteiger partial charge in [0.2, 0.25) is 0 Å². The number of hydrogen-bond donors (Lipinski definition) is 0. The first-order valence-corrected chi connectivity index (χ1v) is 11.3. The Bertz CT molecular complexity index is 1020. The first-order valence-electron chi connectivity index (χ1n) is 10.9. The maximum absolute atomic E-state index is 13.6. The number of rotatable bonds is 6. The molecule has 1 fully saturated rings. The molecule has 31 heavy (non-hydrogen) atoms. The molecule has 2 heterocycles. The molecule has 2 aromatic rings. The van der Waals surface area contributed by atoms with Crippen molar-refractivity contribution in [1.82, 2.24) is 4.90 Å². The van der Waals surface area contributed by atoms with Crippen LogP contribution in [0.5, 0.6) is 5.75 Å². The van der Waals surface area contributed by atoms with Crippen molar-refractivity contribution in [2.24, 2.45) is 0 Å². The van der Waals surface area contributed by atoms with E-state index in [0.717, 1.165) is 50.1 Å². The molecule has 5 nitrogen and oxygen atoms in total. The van der Waals surface area contributed by atoms with E-state index in [2.05, 4.69) is 11.8 Å². The average molecular weight is 439 g/mol. The summed E-state index contributed by atoms with van der Waals surface area (Å²) in [6, 6.07) is 12.8. The topological polar surface area (TPSA) is 49.9 Å². The van der Waals surface area contributed by atoms with E-state index in [4.69, 9.17) is 16.3 Å². The van der Waals surface area contributed by atoms with Crippen molar-refractivity contribution < 1.29 is 14.3 Å². The molecule has 2 aliphatic heterocycles. The van der Waals surface area contributed by atoms with Crippen LogP contribution in [-0.4, -0.2) is 36.4 Å². The molecule has 6 heteroatoms. The van der Waals surface area contributed by atoms with Crippen LogP contribution in [0.25, 0.3) is 5.57 Å². The number of nitrogens with zero attached hydrogens (tertiary/aromatic N) is 2.